The maximum absolute atomic E-state index is 12.1. The molecular weight excluding hydrogens is 334 g/mol. The Kier molecular flexibility index (Phi) is 6.95. The van der Waals surface area contributed by atoms with Crippen molar-refractivity contribution in [3.05, 3.63) is 29.8 Å². The number of aliphatic hydroxyl groups excluding tert-OH is 1. The summed E-state index contributed by atoms with van der Waals surface area (Å²) in [4.78, 5) is 0.205. The summed E-state index contributed by atoms with van der Waals surface area (Å²) in [5.41, 5.74) is 1.00. The minimum absolute atomic E-state index is 0.0981. The highest BCUT2D eigenvalue weighted by atomic mass is 79.9. The van der Waals surface area contributed by atoms with Gasteiger partial charge in [0.15, 0.2) is 0 Å². The lowest BCUT2D eigenvalue weighted by molar-refractivity contribution is 0.158. The van der Waals surface area contributed by atoms with Gasteiger partial charge in [-0.05, 0) is 24.1 Å². The summed E-state index contributed by atoms with van der Waals surface area (Å²) in [5.74, 6) is 0. The number of hydrogen-bond acceptors (Lipinski definition) is 4. The van der Waals surface area contributed by atoms with Crippen molar-refractivity contribution in [1.82, 2.24) is 4.72 Å². The Morgan fingerprint density at radius 1 is 1.37 bits per heavy atom. The van der Waals surface area contributed by atoms with Crippen LogP contribution >= 0.6 is 15.9 Å². The molecule has 7 heteroatoms. The fourth-order valence-corrected chi connectivity index (χ4v) is 3.21. The van der Waals surface area contributed by atoms with Gasteiger partial charge in [-0.15, -0.1) is 0 Å². The number of rotatable bonds is 8. The van der Waals surface area contributed by atoms with E-state index < -0.39 is 16.1 Å². The molecule has 0 aliphatic rings. The van der Waals surface area contributed by atoms with Crippen molar-refractivity contribution < 1.29 is 18.3 Å². The maximum Gasteiger partial charge on any atom is 0.240 e. The molecule has 0 aliphatic carbocycles. The van der Waals surface area contributed by atoms with Crippen molar-refractivity contribution in [2.75, 3.05) is 20.3 Å². The van der Waals surface area contributed by atoms with Crippen LogP contribution in [0.15, 0.2) is 29.2 Å². The number of hydrogen-bond donors (Lipinski definition) is 2. The van der Waals surface area contributed by atoms with E-state index in [1.807, 2.05) is 0 Å². The number of methoxy groups -OCH3 is 1. The molecule has 5 nitrogen and oxygen atoms in total. The Hall–Kier alpha value is -0.470. The molecule has 2 N–H and O–H groups in total. The molecule has 1 aromatic rings. The third-order valence-corrected chi connectivity index (χ3v) is 4.74. The first-order valence-corrected chi connectivity index (χ1v) is 8.41. The fraction of sp³-hybridized carbons (Fsp3) is 0.500. The summed E-state index contributed by atoms with van der Waals surface area (Å²) >= 11 is 3.30. The monoisotopic (exact) mass is 351 g/mol. The first kappa shape index (κ1) is 16.6. The Morgan fingerprint density at radius 2 is 2.00 bits per heavy atom. The summed E-state index contributed by atoms with van der Waals surface area (Å²) < 4.78 is 31.7. The van der Waals surface area contributed by atoms with Crippen LogP contribution < -0.4 is 4.72 Å². The van der Waals surface area contributed by atoms with Crippen LogP contribution in [0.5, 0.6) is 0 Å². The summed E-state index contributed by atoms with van der Waals surface area (Å²) in [6, 6.07) is 6.18. The first-order chi connectivity index (χ1) is 9.03. The minimum atomic E-state index is -3.59. The number of nitrogens with one attached hydrogen (secondary N) is 1. The van der Waals surface area contributed by atoms with Gasteiger partial charge in [-0.25, -0.2) is 13.1 Å². The predicted octanol–water partition coefficient (Wildman–Crippen LogP) is 1.26. The Morgan fingerprint density at radius 3 is 2.47 bits per heavy atom. The smallest absolute Gasteiger partial charge is 0.240 e. The van der Waals surface area contributed by atoms with Crippen molar-refractivity contribution in [1.29, 1.82) is 0 Å². The first-order valence-electron chi connectivity index (χ1n) is 5.80. The summed E-state index contributed by atoms with van der Waals surface area (Å²) in [5, 5.41) is 9.58. The molecule has 0 bridgehead atoms. The molecule has 0 saturated carbocycles. The van der Waals surface area contributed by atoms with E-state index in [0.29, 0.717) is 11.8 Å². The van der Waals surface area contributed by atoms with Crippen molar-refractivity contribution >= 4 is 26.0 Å². The van der Waals surface area contributed by atoms with E-state index in [9.17, 15) is 8.42 Å². The van der Waals surface area contributed by atoms with Gasteiger partial charge < -0.3 is 9.84 Å². The van der Waals surface area contributed by atoms with Crippen molar-refractivity contribution in [2.45, 2.75) is 22.7 Å². The number of alkyl halides is 1. The third-order valence-electron chi connectivity index (χ3n) is 2.56. The van der Waals surface area contributed by atoms with Crippen LogP contribution in [-0.2, 0) is 20.1 Å². The van der Waals surface area contributed by atoms with Gasteiger partial charge in [0.1, 0.15) is 0 Å². The molecule has 0 amide bonds. The molecular formula is C12H18BrNO4S. The van der Waals surface area contributed by atoms with Crippen LogP contribution in [0.25, 0.3) is 0 Å². The normalized spacial score (nSPS) is 13.4. The highest BCUT2D eigenvalue weighted by Crippen LogP contribution is 2.13. The molecule has 0 heterocycles. The average Bonchev–Trinajstić information content (AvgIpc) is 2.39. The van der Waals surface area contributed by atoms with E-state index in [-0.39, 0.29) is 18.1 Å². The lowest BCUT2D eigenvalue weighted by Gasteiger charge is -2.17. The van der Waals surface area contributed by atoms with Crippen LogP contribution in [0.4, 0.5) is 0 Å². The van der Waals surface area contributed by atoms with E-state index in [1.54, 1.807) is 24.3 Å². The zero-order chi connectivity index (χ0) is 14.3. The third kappa shape index (κ3) is 5.19. The molecule has 1 atom stereocenters. The summed E-state index contributed by atoms with van der Waals surface area (Å²) in [7, 11) is -2.10. The van der Waals surface area contributed by atoms with E-state index in [2.05, 4.69) is 20.7 Å². The Balaban J connectivity index is 2.83. The number of halogens is 1. The maximum atomic E-state index is 12.1. The lowest BCUT2D eigenvalue weighted by Crippen LogP contribution is -2.38. The van der Waals surface area contributed by atoms with Crippen molar-refractivity contribution in [3.63, 3.8) is 0 Å². The molecule has 0 aromatic heterocycles. The zero-order valence-corrected chi connectivity index (χ0v) is 13.1. The number of sulfonamides is 1. The largest absolute Gasteiger partial charge is 0.396 e. The molecule has 108 valence electrons. The number of ether oxygens (including phenoxy) is 1. The second kappa shape index (κ2) is 7.96. The second-order valence-corrected chi connectivity index (χ2v) is 6.34. The second-order valence-electron chi connectivity index (χ2n) is 4.06. The molecule has 0 saturated heterocycles. The molecule has 0 aliphatic heterocycles. The average molecular weight is 352 g/mol. The summed E-state index contributed by atoms with van der Waals surface area (Å²) in [6.07, 6.45) is 0.312. The molecule has 1 unspecified atom stereocenters. The van der Waals surface area contributed by atoms with Crippen molar-refractivity contribution in [2.24, 2.45) is 0 Å². The zero-order valence-electron chi connectivity index (χ0n) is 10.7. The summed E-state index contributed by atoms with van der Waals surface area (Å²) in [6.45, 7) is 0.123. The van der Waals surface area contributed by atoms with Crippen LogP contribution in [0, 0.1) is 0 Å². The molecule has 1 aromatic carbocycles. The van der Waals surface area contributed by atoms with Gasteiger partial charge in [-0.2, -0.15) is 0 Å². The van der Waals surface area contributed by atoms with Gasteiger partial charge >= 0.3 is 0 Å². The van der Waals surface area contributed by atoms with E-state index in [0.717, 1.165) is 5.56 Å². The molecule has 0 radical (unpaired) electrons. The van der Waals surface area contributed by atoms with Crippen LogP contribution in [-0.4, -0.2) is 39.9 Å². The van der Waals surface area contributed by atoms with Gasteiger partial charge in [-0.3, -0.25) is 0 Å². The Labute approximate surface area is 122 Å². The van der Waals surface area contributed by atoms with Gasteiger partial charge in [0, 0.05) is 25.1 Å². The van der Waals surface area contributed by atoms with Crippen LogP contribution in [0.3, 0.4) is 0 Å². The van der Waals surface area contributed by atoms with E-state index in [1.165, 1.54) is 7.11 Å². The minimum Gasteiger partial charge on any atom is -0.396 e. The number of benzene rings is 1. The SMILES string of the molecule is COCC(CCO)NS(=O)(=O)c1ccc(CBr)cc1. The predicted molar refractivity (Wildman–Crippen MR) is 76.8 cm³/mol. The molecule has 19 heavy (non-hydrogen) atoms. The van der Waals surface area contributed by atoms with Crippen LogP contribution in [0.1, 0.15) is 12.0 Å². The quantitative estimate of drug-likeness (QED) is 0.691. The van der Waals surface area contributed by atoms with Gasteiger partial charge in [0.2, 0.25) is 10.0 Å². The standard InChI is InChI=1S/C12H18BrNO4S/c1-18-9-11(6-7-15)14-19(16,17)12-4-2-10(8-13)3-5-12/h2-5,11,14-15H,6-9H2,1H3. The van der Waals surface area contributed by atoms with E-state index in [4.69, 9.17) is 9.84 Å². The lowest BCUT2D eigenvalue weighted by atomic mass is 10.2. The highest BCUT2D eigenvalue weighted by molar-refractivity contribution is 9.08. The highest BCUT2D eigenvalue weighted by Gasteiger charge is 2.19. The fourth-order valence-electron chi connectivity index (χ4n) is 1.58. The Bertz CT molecular complexity index is 469. The van der Waals surface area contributed by atoms with E-state index >= 15 is 0 Å². The van der Waals surface area contributed by atoms with Crippen LogP contribution in [0.2, 0.25) is 0 Å². The van der Waals surface area contributed by atoms with Gasteiger partial charge in [0.05, 0.1) is 11.5 Å². The van der Waals surface area contributed by atoms with Gasteiger partial charge in [-0.1, -0.05) is 28.1 Å². The molecule has 0 spiro atoms. The topological polar surface area (TPSA) is 75.6 Å². The molecule has 1 rings (SSSR count). The number of aliphatic hydroxyl groups is 1. The van der Waals surface area contributed by atoms with Gasteiger partial charge in [0.25, 0.3) is 0 Å². The van der Waals surface area contributed by atoms with Crippen molar-refractivity contribution in [3.8, 4) is 0 Å². The molecule has 0 fully saturated rings.